The molecular formula is C18H23ClN6O3S2. The molecule has 2 aromatic rings. The fraction of sp³-hybridized carbons (Fsp3) is 0.389. The van der Waals surface area contributed by atoms with Gasteiger partial charge in [-0.3, -0.25) is 20.3 Å². The molecule has 30 heavy (non-hydrogen) atoms. The van der Waals surface area contributed by atoms with Gasteiger partial charge in [-0.1, -0.05) is 29.8 Å². The van der Waals surface area contributed by atoms with Gasteiger partial charge in [-0.05, 0) is 36.7 Å². The summed E-state index contributed by atoms with van der Waals surface area (Å²) in [5, 5.41) is 8.06. The fourth-order valence-electron chi connectivity index (χ4n) is 3.16. The zero-order valence-corrected chi connectivity index (χ0v) is 18.7. The van der Waals surface area contributed by atoms with Gasteiger partial charge in [-0.2, -0.15) is 5.10 Å². The van der Waals surface area contributed by atoms with Crippen molar-refractivity contribution in [1.29, 1.82) is 0 Å². The van der Waals surface area contributed by atoms with E-state index in [4.69, 9.17) is 23.8 Å². The smallest absolute Gasteiger partial charge is 0.242 e. The van der Waals surface area contributed by atoms with Crippen molar-refractivity contribution < 1.29 is 13.2 Å². The summed E-state index contributed by atoms with van der Waals surface area (Å²) in [5.41, 5.74) is 6.77. The van der Waals surface area contributed by atoms with Crippen molar-refractivity contribution in [3.63, 3.8) is 0 Å². The van der Waals surface area contributed by atoms with E-state index in [0.717, 1.165) is 11.8 Å². The van der Waals surface area contributed by atoms with Crippen molar-refractivity contribution in [2.75, 3.05) is 24.7 Å². The van der Waals surface area contributed by atoms with Crippen molar-refractivity contribution in [2.45, 2.75) is 19.4 Å². The highest BCUT2D eigenvalue weighted by atomic mass is 35.5. The van der Waals surface area contributed by atoms with E-state index in [1.807, 2.05) is 24.3 Å². The second-order valence-corrected chi connectivity index (χ2v) is 9.84. The molecule has 3 N–H and O–H groups in total. The monoisotopic (exact) mass is 470 g/mol. The first-order chi connectivity index (χ1) is 14.2. The summed E-state index contributed by atoms with van der Waals surface area (Å²) in [6.45, 7) is 1.12. The Balaban J connectivity index is 1.47. The third-order valence-corrected chi connectivity index (χ3v) is 6.55. The van der Waals surface area contributed by atoms with Crippen molar-refractivity contribution >= 4 is 50.5 Å². The van der Waals surface area contributed by atoms with Crippen LogP contribution in [0.5, 0.6) is 0 Å². The van der Waals surface area contributed by atoms with Gasteiger partial charge in [-0.15, -0.1) is 0 Å². The van der Waals surface area contributed by atoms with E-state index in [9.17, 15) is 13.2 Å². The van der Waals surface area contributed by atoms with Gasteiger partial charge in [0, 0.05) is 24.3 Å². The minimum Gasteiger partial charge on any atom is -0.329 e. The molecule has 1 atom stereocenters. The topological polar surface area (TPSA) is 108 Å². The molecule has 1 fully saturated rings. The molecule has 1 aromatic heterocycles. The van der Waals surface area contributed by atoms with Gasteiger partial charge in [-0.25, -0.2) is 12.7 Å². The molecule has 1 aromatic carbocycles. The van der Waals surface area contributed by atoms with Crippen LogP contribution in [0.2, 0.25) is 5.02 Å². The van der Waals surface area contributed by atoms with Gasteiger partial charge >= 0.3 is 0 Å². The molecule has 2 heterocycles. The second-order valence-electron chi connectivity index (χ2n) is 7.05. The average molecular weight is 471 g/mol. The van der Waals surface area contributed by atoms with Crippen molar-refractivity contribution in [3.8, 4) is 0 Å². The largest absolute Gasteiger partial charge is 0.329 e. The van der Waals surface area contributed by atoms with Crippen LogP contribution in [0.15, 0.2) is 36.7 Å². The zero-order chi connectivity index (χ0) is 21.7. The van der Waals surface area contributed by atoms with Crippen LogP contribution in [0.4, 0.5) is 5.69 Å². The van der Waals surface area contributed by atoms with Crippen LogP contribution < -0.4 is 16.2 Å². The van der Waals surface area contributed by atoms with Crippen LogP contribution in [0.25, 0.3) is 0 Å². The number of rotatable bonds is 5. The molecule has 3 rings (SSSR count). The molecule has 1 unspecified atom stereocenters. The minimum absolute atomic E-state index is 0.168. The summed E-state index contributed by atoms with van der Waals surface area (Å²) >= 11 is 11.4. The lowest BCUT2D eigenvalue weighted by atomic mass is 9.99. The van der Waals surface area contributed by atoms with E-state index < -0.39 is 15.9 Å². The quantitative estimate of drug-likeness (QED) is 0.449. The van der Waals surface area contributed by atoms with Crippen molar-refractivity contribution in [2.24, 2.45) is 5.92 Å². The predicted octanol–water partition coefficient (Wildman–Crippen LogP) is 1.57. The number of benzene rings is 1. The summed E-state index contributed by atoms with van der Waals surface area (Å²) in [6, 6.07) is 7.52. The van der Waals surface area contributed by atoms with Crippen LogP contribution in [-0.2, 0) is 21.4 Å². The van der Waals surface area contributed by atoms with Gasteiger partial charge in [0.25, 0.3) is 0 Å². The van der Waals surface area contributed by atoms with E-state index in [2.05, 4.69) is 21.3 Å². The van der Waals surface area contributed by atoms with Gasteiger partial charge in [0.05, 0.1) is 30.6 Å². The number of hydrazine groups is 1. The van der Waals surface area contributed by atoms with Crippen molar-refractivity contribution in [1.82, 2.24) is 24.9 Å². The average Bonchev–Trinajstić information content (AvgIpc) is 3.14. The van der Waals surface area contributed by atoms with Crippen LogP contribution in [0, 0.1) is 5.92 Å². The molecule has 1 aliphatic rings. The first-order valence-corrected chi connectivity index (χ1v) is 11.9. The number of sulfonamides is 1. The molecule has 0 bridgehead atoms. The number of anilines is 1. The molecule has 0 spiro atoms. The van der Waals surface area contributed by atoms with Crippen LogP contribution in [-0.4, -0.2) is 52.9 Å². The zero-order valence-electron chi connectivity index (χ0n) is 16.3. The maximum atomic E-state index is 12.4. The Labute approximate surface area is 185 Å². The lowest BCUT2D eigenvalue weighted by Gasteiger charge is -2.30. The maximum Gasteiger partial charge on any atom is 0.242 e. The summed E-state index contributed by atoms with van der Waals surface area (Å²) in [5.74, 6) is -0.732. The normalized spacial score (nSPS) is 17.3. The Kier molecular flexibility index (Phi) is 7.29. The maximum absolute atomic E-state index is 12.4. The number of carbonyl (C=O) groups excluding carboxylic acids is 1. The molecule has 0 radical (unpaired) electrons. The van der Waals surface area contributed by atoms with Gasteiger partial charge in [0.15, 0.2) is 5.11 Å². The Hall–Kier alpha value is -2.21. The number of nitrogens with zero attached hydrogens (tertiary/aromatic N) is 3. The predicted molar refractivity (Wildman–Crippen MR) is 119 cm³/mol. The number of halogens is 1. The molecule has 12 heteroatoms. The molecule has 162 valence electrons. The van der Waals surface area contributed by atoms with Crippen molar-refractivity contribution in [3.05, 3.63) is 47.2 Å². The molecule has 1 saturated heterocycles. The van der Waals surface area contributed by atoms with E-state index in [1.54, 1.807) is 17.1 Å². The summed E-state index contributed by atoms with van der Waals surface area (Å²) < 4.78 is 26.4. The van der Waals surface area contributed by atoms with Crippen LogP contribution >= 0.6 is 23.8 Å². The van der Waals surface area contributed by atoms with E-state index in [1.165, 1.54) is 4.31 Å². The molecular weight excluding hydrogens is 448 g/mol. The second kappa shape index (κ2) is 9.73. The summed E-state index contributed by atoms with van der Waals surface area (Å²) in [4.78, 5) is 12.4. The number of thiocarbonyl (C=S) groups is 1. The lowest BCUT2D eigenvalue weighted by molar-refractivity contribution is -0.126. The van der Waals surface area contributed by atoms with Crippen LogP contribution in [0.1, 0.15) is 18.4 Å². The highest BCUT2D eigenvalue weighted by Gasteiger charge is 2.30. The number of carbonyl (C=O) groups is 1. The highest BCUT2D eigenvalue weighted by molar-refractivity contribution is 7.88. The highest BCUT2D eigenvalue weighted by Crippen LogP contribution is 2.19. The molecule has 9 nitrogen and oxygen atoms in total. The standard InChI is InChI=1S/C18H23ClN6O3S2/c1-30(27,28)25-8-4-6-14(11-25)17(26)22-23-18(29)21-15-9-20-24(12-15)10-13-5-2-3-7-16(13)19/h2-3,5,7,9,12,14H,4,6,8,10-11H2,1H3,(H,22,26)(H2,21,23,29). The van der Waals surface area contributed by atoms with E-state index >= 15 is 0 Å². The molecule has 1 aliphatic heterocycles. The minimum atomic E-state index is -3.31. The summed E-state index contributed by atoms with van der Waals surface area (Å²) in [6.07, 6.45) is 5.78. The Morgan fingerprint density at radius 2 is 2.10 bits per heavy atom. The fourth-order valence-corrected chi connectivity index (χ4v) is 4.43. The molecule has 0 aliphatic carbocycles. The van der Waals surface area contributed by atoms with Gasteiger partial charge < -0.3 is 5.32 Å². The summed E-state index contributed by atoms with van der Waals surface area (Å²) in [7, 11) is -3.31. The SMILES string of the molecule is CS(=O)(=O)N1CCCC(C(=O)NNC(=S)Nc2cnn(Cc3ccccc3Cl)c2)C1. The molecule has 0 saturated carbocycles. The van der Waals surface area contributed by atoms with E-state index in [-0.39, 0.29) is 17.6 Å². The number of amides is 1. The first kappa shape index (κ1) is 22.5. The van der Waals surface area contributed by atoms with Gasteiger partial charge in [0.1, 0.15) is 0 Å². The Morgan fingerprint density at radius 1 is 1.33 bits per heavy atom. The lowest BCUT2D eigenvalue weighted by Crippen LogP contribution is -2.50. The number of hydrogen-bond donors (Lipinski definition) is 3. The first-order valence-electron chi connectivity index (χ1n) is 9.30. The Morgan fingerprint density at radius 3 is 2.83 bits per heavy atom. The molecule has 1 amide bonds. The number of hydrogen-bond acceptors (Lipinski definition) is 5. The van der Waals surface area contributed by atoms with Crippen LogP contribution in [0.3, 0.4) is 0 Å². The third-order valence-electron chi connectivity index (χ3n) is 4.70. The Bertz CT molecular complexity index is 1030. The number of piperidine rings is 1. The van der Waals surface area contributed by atoms with Gasteiger partial charge in [0.2, 0.25) is 15.9 Å². The van der Waals surface area contributed by atoms with E-state index in [0.29, 0.717) is 36.6 Å². The number of aromatic nitrogens is 2. The number of nitrogens with one attached hydrogen (secondary N) is 3. The third kappa shape index (κ3) is 6.14.